The van der Waals surface area contributed by atoms with Gasteiger partial charge in [-0.05, 0) is 55.2 Å². The van der Waals surface area contributed by atoms with E-state index in [-0.39, 0.29) is 5.91 Å². The van der Waals surface area contributed by atoms with Crippen molar-refractivity contribution in [3.05, 3.63) is 42.0 Å². The first-order chi connectivity index (χ1) is 10.8. The Kier molecular flexibility index (Phi) is 4.94. The fraction of sp³-hybridized carbons (Fsp3) is 0.526. The Balaban J connectivity index is 1.65. The molecule has 0 spiro atoms. The molecule has 0 bridgehead atoms. The SMILES string of the molecule is C=Cc1ccc(C(=O)N2CCCC(C3CCOCC3)C2)cc1. The summed E-state index contributed by atoms with van der Waals surface area (Å²) < 4.78 is 5.47. The summed E-state index contributed by atoms with van der Waals surface area (Å²) in [5.74, 6) is 1.55. The summed E-state index contributed by atoms with van der Waals surface area (Å²) in [5, 5.41) is 0. The van der Waals surface area contributed by atoms with Gasteiger partial charge in [-0.1, -0.05) is 24.8 Å². The van der Waals surface area contributed by atoms with Crippen LogP contribution in [-0.4, -0.2) is 37.1 Å². The summed E-state index contributed by atoms with van der Waals surface area (Å²) in [6, 6.07) is 7.75. The second kappa shape index (κ2) is 7.10. The zero-order valence-electron chi connectivity index (χ0n) is 13.2. The third-order valence-corrected chi connectivity index (χ3v) is 5.07. The van der Waals surface area contributed by atoms with Crippen LogP contribution in [0.15, 0.2) is 30.8 Å². The predicted octanol–water partition coefficient (Wildman–Crippen LogP) is 3.61. The lowest BCUT2D eigenvalue weighted by Gasteiger charge is -2.38. The summed E-state index contributed by atoms with van der Waals surface area (Å²) in [6.07, 6.45) is 6.49. The molecule has 1 aromatic rings. The second-order valence-electron chi connectivity index (χ2n) is 6.43. The van der Waals surface area contributed by atoms with Gasteiger partial charge in [-0.15, -0.1) is 0 Å². The third-order valence-electron chi connectivity index (χ3n) is 5.07. The molecule has 0 N–H and O–H groups in total. The Bertz CT molecular complexity index is 517. The number of nitrogens with zero attached hydrogens (tertiary/aromatic N) is 1. The van der Waals surface area contributed by atoms with Gasteiger partial charge in [0.05, 0.1) is 0 Å². The molecule has 2 heterocycles. The molecule has 0 aliphatic carbocycles. The van der Waals surface area contributed by atoms with Gasteiger partial charge in [0.15, 0.2) is 0 Å². The van der Waals surface area contributed by atoms with Crippen LogP contribution >= 0.6 is 0 Å². The van der Waals surface area contributed by atoms with Gasteiger partial charge in [0.1, 0.15) is 0 Å². The molecule has 2 fully saturated rings. The summed E-state index contributed by atoms with van der Waals surface area (Å²) in [7, 11) is 0. The lowest BCUT2D eigenvalue weighted by molar-refractivity contribution is 0.0252. The van der Waals surface area contributed by atoms with Crippen molar-refractivity contribution in [1.29, 1.82) is 0 Å². The maximum absolute atomic E-state index is 12.7. The number of carbonyl (C=O) groups excluding carboxylic acids is 1. The largest absolute Gasteiger partial charge is 0.381 e. The van der Waals surface area contributed by atoms with Gasteiger partial charge in [-0.2, -0.15) is 0 Å². The molecular weight excluding hydrogens is 274 g/mol. The van der Waals surface area contributed by atoms with Crippen molar-refractivity contribution in [2.45, 2.75) is 25.7 Å². The second-order valence-corrected chi connectivity index (χ2v) is 6.43. The Morgan fingerprint density at radius 1 is 1.14 bits per heavy atom. The number of benzene rings is 1. The number of likely N-dealkylation sites (tertiary alicyclic amines) is 1. The van der Waals surface area contributed by atoms with E-state index in [1.165, 1.54) is 6.42 Å². The average molecular weight is 299 g/mol. The first-order valence-corrected chi connectivity index (χ1v) is 8.37. The third kappa shape index (κ3) is 3.41. The van der Waals surface area contributed by atoms with Gasteiger partial charge < -0.3 is 9.64 Å². The van der Waals surface area contributed by atoms with Crippen LogP contribution in [0, 0.1) is 11.8 Å². The lowest BCUT2D eigenvalue weighted by atomic mass is 9.81. The Labute approximate surface area is 133 Å². The maximum atomic E-state index is 12.7. The van der Waals surface area contributed by atoms with Crippen LogP contribution in [-0.2, 0) is 4.74 Å². The van der Waals surface area contributed by atoms with Crippen molar-refractivity contribution in [1.82, 2.24) is 4.90 Å². The first kappa shape index (κ1) is 15.3. The molecule has 1 amide bonds. The topological polar surface area (TPSA) is 29.5 Å². The van der Waals surface area contributed by atoms with Crippen LogP contribution < -0.4 is 0 Å². The van der Waals surface area contributed by atoms with Crippen LogP contribution in [0.25, 0.3) is 6.08 Å². The number of carbonyl (C=O) groups is 1. The molecule has 2 aliphatic rings. The highest BCUT2D eigenvalue weighted by Gasteiger charge is 2.30. The molecule has 3 nitrogen and oxygen atoms in total. The van der Waals surface area contributed by atoms with E-state index in [1.807, 2.05) is 29.2 Å². The van der Waals surface area contributed by atoms with Crippen LogP contribution in [0.3, 0.4) is 0 Å². The molecule has 0 radical (unpaired) electrons. The van der Waals surface area contributed by atoms with E-state index in [0.29, 0.717) is 5.92 Å². The number of hydrogen-bond donors (Lipinski definition) is 0. The van der Waals surface area contributed by atoms with E-state index in [0.717, 1.165) is 62.6 Å². The van der Waals surface area contributed by atoms with E-state index >= 15 is 0 Å². The van der Waals surface area contributed by atoms with Gasteiger partial charge in [0.25, 0.3) is 5.91 Å². The minimum atomic E-state index is 0.173. The van der Waals surface area contributed by atoms with E-state index < -0.39 is 0 Å². The number of hydrogen-bond acceptors (Lipinski definition) is 2. The molecule has 22 heavy (non-hydrogen) atoms. The maximum Gasteiger partial charge on any atom is 0.253 e. The van der Waals surface area contributed by atoms with E-state index in [4.69, 9.17) is 4.74 Å². The summed E-state index contributed by atoms with van der Waals surface area (Å²) in [6.45, 7) is 7.33. The smallest absolute Gasteiger partial charge is 0.253 e. The molecular formula is C19H25NO2. The van der Waals surface area contributed by atoms with Gasteiger partial charge in [-0.25, -0.2) is 0 Å². The average Bonchev–Trinajstić information content (AvgIpc) is 2.62. The van der Waals surface area contributed by atoms with Crippen LogP contribution in [0.1, 0.15) is 41.6 Å². The highest BCUT2D eigenvalue weighted by molar-refractivity contribution is 5.94. The van der Waals surface area contributed by atoms with E-state index in [1.54, 1.807) is 6.08 Å². The zero-order valence-corrected chi connectivity index (χ0v) is 13.2. The number of piperidine rings is 1. The van der Waals surface area contributed by atoms with Gasteiger partial charge >= 0.3 is 0 Å². The molecule has 0 saturated carbocycles. The minimum Gasteiger partial charge on any atom is -0.381 e. The summed E-state index contributed by atoms with van der Waals surface area (Å²) in [5.41, 5.74) is 1.84. The van der Waals surface area contributed by atoms with Crippen molar-refractivity contribution in [3.8, 4) is 0 Å². The fourth-order valence-corrected chi connectivity index (χ4v) is 3.71. The molecule has 118 valence electrons. The number of ether oxygens (including phenoxy) is 1. The van der Waals surface area contributed by atoms with Crippen LogP contribution in [0.4, 0.5) is 0 Å². The summed E-state index contributed by atoms with van der Waals surface area (Å²) in [4.78, 5) is 14.8. The summed E-state index contributed by atoms with van der Waals surface area (Å²) >= 11 is 0. The van der Waals surface area contributed by atoms with Crippen molar-refractivity contribution >= 4 is 12.0 Å². The van der Waals surface area contributed by atoms with Gasteiger partial charge in [0, 0.05) is 31.9 Å². The Morgan fingerprint density at radius 2 is 1.86 bits per heavy atom. The molecule has 2 saturated heterocycles. The molecule has 1 aromatic carbocycles. The lowest BCUT2D eigenvalue weighted by Crippen LogP contribution is -2.43. The standard InChI is InChI=1S/C19H25NO2/c1-2-15-5-7-17(8-6-15)19(21)20-11-3-4-18(14-20)16-9-12-22-13-10-16/h2,5-8,16,18H,1,3-4,9-14H2. The highest BCUT2D eigenvalue weighted by atomic mass is 16.5. The quantitative estimate of drug-likeness (QED) is 0.853. The minimum absolute atomic E-state index is 0.173. The Hall–Kier alpha value is -1.61. The molecule has 1 unspecified atom stereocenters. The molecule has 1 atom stereocenters. The number of amides is 1. The number of rotatable bonds is 3. The van der Waals surface area contributed by atoms with Crippen molar-refractivity contribution in [3.63, 3.8) is 0 Å². The monoisotopic (exact) mass is 299 g/mol. The van der Waals surface area contributed by atoms with Gasteiger partial charge in [-0.3, -0.25) is 4.79 Å². The molecule has 0 aromatic heterocycles. The normalized spacial score (nSPS) is 23.3. The Morgan fingerprint density at radius 3 is 2.55 bits per heavy atom. The van der Waals surface area contributed by atoms with Gasteiger partial charge in [0.2, 0.25) is 0 Å². The van der Waals surface area contributed by atoms with Crippen LogP contribution in [0.5, 0.6) is 0 Å². The molecule has 3 heteroatoms. The van der Waals surface area contributed by atoms with Crippen molar-refractivity contribution < 1.29 is 9.53 Å². The van der Waals surface area contributed by atoms with E-state index in [9.17, 15) is 4.79 Å². The fourth-order valence-electron chi connectivity index (χ4n) is 3.71. The first-order valence-electron chi connectivity index (χ1n) is 8.37. The highest BCUT2D eigenvalue weighted by Crippen LogP contribution is 2.31. The van der Waals surface area contributed by atoms with Crippen LogP contribution in [0.2, 0.25) is 0 Å². The van der Waals surface area contributed by atoms with Crippen molar-refractivity contribution in [2.75, 3.05) is 26.3 Å². The molecule has 2 aliphatic heterocycles. The van der Waals surface area contributed by atoms with Crippen molar-refractivity contribution in [2.24, 2.45) is 11.8 Å². The van der Waals surface area contributed by atoms with E-state index in [2.05, 4.69) is 6.58 Å². The zero-order chi connectivity index (χ0) is 15.4. The predicted molar refractivity (Wildman–Crippen MR) is 88.7 cm³/mol. The molecule has 3 rings (SSSR count).